The van der Waals surface area contributed by atoms with E-state index < -0.39 is 0 Å². The molecule has 2 heterocycles. The molecule has 0 bridgehead atoms. The Morgan fingerprint density at radius 3 is 2.61 bits per heavy atom. The molecule has 0 spiro atoms. The summed E-state index contributed by atoms with van der Waals surface area (Å²) in [5.41, 5.74) is 3.39. The van der Waals surface area contributed by atoms with Crippen molar-refractivity contribution in [2.45, 2.75) is 0 Å². The van der Waals surface area contributed by atoms with Crippen molar-refractivity contribution in [1.82, 2.24) is 25.1 Å². The van der Waals surface area contributed by atoms with Crippen LogP contribution in [0.25, 0.3) is 33.5 Å². The molecule has 7 nitrogen and oxygen atoms in total. The topological polar surface area (TPSA) is 83.9 Å². The lowest BCUT2D eigenvalue weighted by Crippen LogP contribution is -1.98. The van der Waals surface area contributed by atoms with E-state index in [9.17, 15) is 0 Å². The van der Waals surface area contributed by atoms with Crippen LogP contribution < -0.4 is 4.74 Å². The Hall–Kier alpha value is -4.04. The minimum absolute atomic E-state index is 0.376. The zero-order chi connectivity index (χ0) is 21.2. The Morgan fingerprint density at radius 2 is 1.77 bits per heavy atom. The third-order valence-electron chi connectivity index (χ3n) is 4.99. The van der Waals surface area contributed by atoms with Crippen molar-refractivity contribution >= 4 is 29.2 Å². The highest BCUT2D eigenvalue weighted by Crippen LogP contribution is 2.27. The summed E-state index contributed by atoms with van der Waals surface area (Å²) in [7, 11) is 1.64. The van der Waals surface area contributed by atoms with Crippen LogP contribution in [0.15, 0.2) is 77.9 Å². The summed E-state index contributed by atoms with van der Waals surface area (Å²) in [6.07, 6.45) is 1.74. The van der Waals surface area contributed by atoms with E-state index in [1.165, 1.54) is 0 Å². The van der Waals surface area contributed by atoms with Crippen LogP contribution >= 0.6 is 12.2 Å². The molecule has 2 N–H and O–H groups in total. The summed E-state index contributed by atoms with van der Waals surface area (Å²) in [5.74, 6) is 1.27. The Kier molecular flexibility index (Phi) is 4.89. The standard InChI is InChI=1S/C23H18N6OS/c1-30-21-12-11-15-7-5-6-10-17(15)18(21)14-24-29-22(27-28-23(29)31)20-13-19(25-26-20)16-8-3-2-4-9-16/h2-14H,1H3,(H,25,26)(H,28,31). The summed E-state index contributed by atoms with van der Waals surface area (Å²) in [6, 6.07) is 23.9. The van der Waals surface area contributed by atoms with Gasteiger partial charge < -0.3 is 4.74 Å². The van der Waals surface area contributed by atoms with Crippen molar-refractivity contribution in [3.05, 3.63) is 83.1 Å². The van der Waals surface area contributed by atoms with Gasteiger partial charge in [0.1, 0.15) is 11.4 Å². The Balaban J connectivity index is 1.57. The van der Waals surface area contributed by atoms with Crippen LogP contribution in [0, 0.1) is 4.77 Å². The molecule has 0 saturated heterocycles. The van der Waals surface area contributed by atoms with Gasteiger partial charge in [0.25, 0.3) is 0 Å². The van der Waals surface area contributed by atoms with Gasteiger partial charge in [-0.3, -0.25) is 5.10 Å². The highest BCUT2D eigenvalue weighted by molar-refractivity contribution is 7.71. The number of nitrogens with one attached hydrogen (secondary N) is 2. The summed E-state index contributed by atoms with van der Waals surface area (Å²) >= 11 is 5.41. The maximum atomic E-state index is 5.55. The predicted molar refractivity (Wildman–Crippen MR) is 124 cm³/mol. The molecule has 0 atom stereocenters. The van der Waals surface area contributed by atoms with Gasteiger partial charge >= 0.3 is 0 Å². The fourth-order valence-corrected chi connectivity index (χ4v) is 3.65. The second kappa shape index (κ2) is 8.00. The first-order valence-corrected chi connectivity index (χ1v) is 10.0. The normalized spacial score (nSPS) is 11.4. The van der Waals surface area contributed by atoms with E-state index in [2.05, 4.69) is 31.6 Å². The fraction of sp³-hybridized carbons (Fsp3) is 0.0435. The van der Waals surface area contributed by atoms with E-state index in [0.717, 1.165) is 33.3 Å². The third kappa shape index (κ3) is 3.53. The number of benzene rings is 3. The van der Waals surface area contributed by atoms with Gasteiger partial charge in [-0.05, 0) is 35.1 Å². The van der Waals surface area contributed by atoms with E-state index in [1.807, 2.05) is 66.7 Å². The highest BCUT2D eigenvalue weighted by atomic mass is 32.1. The van der Waals surface area contributed by atoms with Gasteiger partial charge in [-0.1, -0.05) is 60.7 Å². The average molecular weight is 427 g/mol. The van der Waals surface area contributed by atoms with Gasteiger partial charge in [0.15, 0.2) is 0 Å². The van der Waals surface area contributed by atoms with E-state index >= 15 is 0 Å². The maximum absolute atomic E-state index is 5.55. The Morgan fingerprint density at radius 1 is 0.968 bits per heavy atom. The Labute approximate surface area is 183 Å². The van der Waals surface area contributed by atoms with Crippen molar-refractivity contribution in [2.75, 3.05) is 7.11 Å². The molecule has 0 amide bonds. The first kappa shape index (κ1) is 19.0. The second-order valence-electron chi connectivity index (χ2n) is 6.84. The molecule has 0 aliphatic rings. The number of aromatic amines is 2. The lowest BCUT2D eigenvalue weighted by Gasteiger charge is -2.08. The lowest BCUT2D eigenvalue weighted by molar-refractivity contribution is 0.415. The number of aromatic nitrogens is 5. The average Bonchev–Trinajstić information content (AvgIpc) is 3.45. The molecule has 0 saturated carbocycles. The molecule has 31 heavy (non-hydrogen) atoms. The number of H-pyrrole nitrogens is 2. The van der Waals surface area contributed by atoms with Gasteiger partial charge in [-0.2, -0.15) is 20.0 Å². The minimum atomic E-state index is 0.376. The van der Waals surface area contributed by atoms with E-state index in [1.54, 1.807) is 18.0 Å². The lowest BCUT2D eigenvalue weighted by atomic mass is 10.0. The van der Waals surface area contributed by atoms with E-state index in [-0.39, 0.29) is 0 Å². The monoisotopic (exact) mass is 426 g/mol. The van der Waals surface area contributed by atoms with Crippen molar-refractivity contribution in [1.29, 1.82) is 0 Å². The van der Waals surface area contributed by atoms with Crippen LogP contribution in [-0.4, -0.2) is 38.4 Å². The van der Waals surface area contributed by atoms with Gasteiger partial charge in [0.05, 0.1) is 19.0 Å². The van der Waals surface area contributed by atoms with Crippen molar-refractivity contribution in [3.8, 4) is 28.5 Å². The van der Waals surface area contributed by atoms with E-state index in [0.29, 0.717) is 16.3 Å². The van der Waals surface area contributed by atoms with Crippen LogP contribution in [0.3, 0.4) is 0 Å². The van der Waals surface area contributed by atoms with Gasteiger partial charge in [0, 0.05) is 11.1 Å². The number of hydrogen-bond donors (Lipinski definition) is 2. The van der Waals surface area contributed by atoms with Crippen molar-refractivity contribution in [3.63, 3.8) is 0 Å². The molecule has 152 valence electrons. The quantitative estimate of drug-likeness (QED) is 0.305. The Bertz CT molecular complexity index is 1450. The van der Waals surface area contributed by atoms with Crippen LogP contribution in [-0.2, 0) is 0 Å². The molecule has 0 unspecified atom stereocenters. The number of methoxy groups -OCH3 is 1. The van der Waals surface area contributed by atoms with Gasteiger partial charge in [-0.15, -0.1) is 0 Å². The predicted octanol–water partition coefficient (Wildman–Crippen LogP) is 5.04. The summed E-state index contributed by atoms with van der Waals surface area (Å²) in [4.78, 5) is 0. The SMILES string of the molecule is COc1ccc2ccccc2c1C=Nn1c(-c2cc(-c3ccccc3)n[nH]2)n[nH]c1=S. The third-order valence-corrected chi connectivity index (χ3v) is 5.26. The minimum Gasteiger partial charge on any atom is -0.496 e. The molecule has 5 rings (SSSR count). The molecule has 3 aromatic carbocycles. The fourth-order valence-electron chi connectivity index (χ4n) is 3.47. The molecule has 8 heteroatoms. The summed E-state index contributed by atoms with van der Waals surface area (Å²) in [5, 5.41) is 21.3. The van der Waals surface area contributed by atoms with Crippen LogP contribution in [0.5, 0.6) is 5.75 Å². The molecular weight excluding hydrogens is 408 g/mol. The second-order valence-corrected chi connectivity index (χ2v) is 7.23. The molecule has 0 fully saturated rings. The smallest absolute Gasteiger partial charge is 0.216 e. The van der Waals surface area contributed by atoms with Crippen molar-refractivity contribution in [2.24, 2.45) is 5.10 Å². The first-order chi connectivity index (χ1) is 15.2. The zero-order valence-corrected chi connectivity index (χ0v) is 17.4. The zero-order valence-electron chi connectivity index (χ0n) is 16.6. The number of nitrogens with zero attached hydrogens (tertiary/aromatic N) is 4. The van der Waals surface area contributed by atoms with E-state index in [4.69, 9.17) is 17.0 Å². The largest absolute Gasteiger partial charge is 0.496 e. The molecule has 0 radical (unpaired) electrons. The van der Waals surface area contributed by atoms with Crippen LogP contribution in [0.2, 0.25) is 0 Å². The number of hydrogen-bond acceptors (Lipinski definition) is 5. The first-order valence-electron chi connectivity index (χ1n) is 9.63. The number of fused-ring (bicyclic) bond motifs is 1. The molecular formula is C23H18N6OS. The molecule has 2 aromatic heterocycles. The molecule has 0 aliphatic carbocycles. The van der Waals surface area contributed by atoms with Gasteiger partial charge in [0.2, 0.25) is 10.6 Å². The van der Waals surface area contributed by atoms with Gasteiger partial charge in [-0.25, -0.2) is 5.10 Å². The van der Waals surface area contributed by atoms with Crippen molar-refractivity contribution < 1.29 is 4.74 Å². The number of ether oxygens (including phenoxy) is 1. The van der Waals surface area contributed by atoms with Crippen LogP contribution in [0.1, 0.15) is 5.56 Å². The highest BCUT2D eigenvalue weighted by Gasteiger charge is 2.13. The summed E-state index contributed by atoms with van der Waals surface area (Å²) in [6.45, 7) is 0. The molecule has 0 aliphatic heterocycles. The van der Waals surface area contributed by atoms with Crippen LogP contribution in [0.4, 0.5) is 0 Å². The summed E-state index contributed by atoms with van der Waals surface area (Å²) < 4.78 is 7.50. The maximum Gasteiger partial charge on any atom is 0.216 e. The molecule has 5 aromatic rings. The number of rotatable bonds is 5.